The number of aryl methyl sites for hydroxylation is 1. The van der Waals surface area contributed by atoms with E-state index >= 15 is 0 Å². The highest BCUT2D eigenvalue weighted by molar-refractivity contribution is 7.17. The van der Waals surface area contributed by atoms with Gasteiger partial charge in [0, 0.05) is 13.3 Å². The molecule has 2 heterocycles. The number of carbonyl (C=O) groups excluding carboxylic acids is 1. The fraction of sp³-hybridized carbons (Fsp3) is 0.261. The number of benzene rings is 2. The van der Waals surface area contributed by atoms with Crippen LogP contribution < -0.4 is 14.5 Å². The minimum Gasteiger partial charge on any atom is -0.497 e. The highest BCUT2D eigenvalue weighted by atomic mass is 32.1. The van der Waals surface area contributed by atoms with Crippen LogP contribution in [0.5, 0.6) is 11.5 Å². The molecule has 0 N–H and O–H groups in total. The van der Waals surface area contributed by atoms with Crippen molar-refractivity contribution in [1.82, 2.24) is 4.98 Å². The number of aromatic nitrogens is 1. The molecule has 1 aromatic heterocycles. The number of rotatable bonds is 6. The average molecular weight is 422 g/mol. The molecule has 1 atom stereocenters. The summed E-state index contributed by atoms with van der Waals surface area (Å²) in [6, 6.07) is 15.9. The zero-order valence-electron chi connectivity index (χ0n) is 17.4. The molecule has 30 heavy (non-hydrogen) atoms. The smallest absolute Gasteiger partial charge is 0.207 e. The predicted molar refractivity (Wildman–Crippen MR) is 119 cm³/mol. The fourth-order valence-corrected chi connectivity index (χ4v) is 4.50. The van der Waals surface area contributed by atoms with Crippen LogP contribution in [0.15, 0.2) is 53.6 Å². The van der Waals surface area contributed by atoms with Crippen LogP contribution in [0.4, 0.5) is 5.13 Å². The van der Waals surface area contributed by atoms with Crippen LogP contribution in [0.25, 0.3) is 0 Å². The summed E-state index contributed by atoms with van der Waals surface area (Å²) in [5.41, 5.74) is 3.86. The van der Waals surface area contributed by atoms with Gasteiger partial charge in [-0.2, -0.15) is 5.10 Å². The lowest BCUT2D eigenvalue weighted by Crippen LogP contribution is -2.18. The standard InChI is InChI=1S/C23H23N3O3S/c1-14-22(15(2)27)30-23(24-14)26-21(17-7-11-19(29-4)12-8-17)13-20(25-26)16-5-9-18(28-3)10-6-16/h5-12,21H,13H2,1-4H3/t21-/m0/s1. The van der Waals surface area contributed by atoms with Crippen molar-refractivity contribution < 1.29 is 14.3 Å². The van der Waals surface area contributed by atoms with Crippen LogP contribution in [-0.2, 0) is 0 Å². The van der Waals surface area contributed by atoms with Crippen molar-refractivity contribution in [1.29, 1.82) is 0 Å². The van der Waals surface area contributed by atoms with Gasteiger partial charge in [0.05, 0.1) is 36.5 Å². The van der Waals surface area contributed by atoms with Gasteiger partial charge in [-0.05, 0) is 54.4 Å². The van der Waals surface area contributed by atoms with Gasteiger partial charge < -0.3 is 9.47 Å². The second-order valence-corrected chi connectivity index (χ2v) is 8.06. The molecule has 6 nitrogen and oxygen atoms in total. The largest absolute Gasteiger partial charge is 0.497 e. The van der Waals surface area contributed by atoms with Gasteiger partial charge in [-0.25, -0.2) is 9.99 Å². The lowest BCUT2D eigenvalue weighted by Gasteiger charge is -2.21. The number of carbonyl (C=O) groups is 1. The first kappa shape index (κ1) is 20.1. The van der Waals surface area contributed by atoms with Gasteiger partial charge >= 0.3 is 0 Å². The Morgan fingerprint density at radius 1 is 1.03 bits per heavy atom. The van der Waals surface area contributed by atoms with E-state index in [1.807, 2.05) is 48.3 Å². The third-order valence-corrected chi connectivity index (χ3v) is 6.38. The van der Waals surface area contributed by atoms with Crippen molar-refractivity contribution >= 4 is 28.0 Å². The molecule has 0 unspecified atom stereocenters. The first-order chi connectivity index (χ1) is 14.5. The SMILES string of the molecule is COc1ccc(C2=NN(c3nc(C)c(C(C)=O)s3)[C@H](c3ccc(OC)cc3)C2)cc1. The first-order valence-electron chi connectivity index (χ1n) is 9.63. The van der Waals surface area contributed by atoms with E-state index in [2.05, 4.69) is 17.1 Å². The number of methoxy groups -OCH3 is 2. The molecule has 3 aromatic rings. The van der Waals surface area contributed by atoms with Crippen molar-refractivity contribution in [3.63, 3.8) is 0 Å². The van der Waals surface area contributed by atoms with E-state index in [0.29, 0.717) is 4.88 Å². The summed E-state index contributed by atoms with van der Waals surface area (Å²) in [6.45, 7) is 3.44. The van der Waals surface area contributed by atoms with Crippen LogP contribution in [0.1, 0.15) is 45.9 Å². The second-order valence-electron chi connectivity index (χ2n) is 7.08. The zero-order chi connectivity index (χ0) is 21.3. The van der Waals surface area contributed by atoms with Gasteiger partial charge in [0.25, 0.3) is 0 Å². The van der Waals surface area contributed by atoms with E-state index in [4.69, 9.17) is 14.6 Å². The Morgan fingerprint density at radius 2 is 1.63 bits per heavy atom. The number of ether oxygens (including phenoxy) is 2. The van der Waals surface area contributed by atoms with Crippen molar-refractivity contribution in [2.75, 3.05) is 19.2 Å². The number of hydrogen-bond acceptors (Lipinski definition) is 7. The Labute approximate surface area is 179 Å². The fourth-order valence-electron chi connectivity index (χ4n) is 3.54. The molecule has 4 rings (SSSR count). The lowest BCUT2D eigenvalue weighted by atomic mass is 9.98. The molecule has 0 radical (unpaired) electrons. The minimum absolute atomic E-state index is 0.0154. The third kappa shape index (κ3) is 3.80. The molecular weight excluding hydrogens is 398 g/mol. The first-order valence-corrected chi connectivity index (χ1v) is 10.4. The molecule has 0 saturated heterocycles. The molecule has 0 amide bonds. The maximum atomic E-state index is 12.0. The Hall–Kier alpha value is -3.19. The van der Waals surface area contributed by atoms with Gasteiger partial charge in [-0.1, -0.05) is 23.5 Å². The van der Waals surface area contributed by atoms with E-state index in [9.17, 15) is 4.79 Å². The summed E-state index contributed by atoms with van der Waals surface area (Å²) in [5.74, 6) is 1.64. The van der Waals surface area contributed by atoms with E-state index in [0.717, 1.165) is 45.6 Å². The van der Waals surface area contributed by atoms with Gasteiger partial charge in [0.15, 0.2) is 5.78 Å². The van der Waals surface area contributed by atoms with Crippen molar-refractivity contribution in [3.05, 3.63) is 70.2 Å². The van der Waals surface area contributed by atoms with Gasteiger partial charge in [-0.3, -0.25) is 4.79 Å². The monoisotopic (exact) mass is 421 g/mol. The molecule has 0 aliphatic carbocycles. The molecule has 0 fully saturated rings. The van der Waals surface area contributed by atoms with Crippen LogP contribution in [-0.4, -0.2) is 30.7 Å². The van der Waals surface area contributed by atoms with Gasteiger partial charge in [0.2, 0.25) is 5.13 Å². The minimum atomic E-state index is -0.0154. The van der Waals surface area contributed by atoms with Crippen LogP contribution in [0.3, 0.4) is 0 Å². The molecule has 0 bridgehead atoms. The Kier molecular flexibility index (Phi) is 5.55. The molecule has 2 aromatic carbocycles. The maximum Gasteiger partial charge on any atom is 0.207 e. The summed E-state index contributed by atoms with van der Waals surface area (Å²) >= 11 is 1.39. The third-order valence-electron chi connectivity index (χ3n) is 5.14. The number of ketones is 1. The average Bonchev–Trinajstić information content (AvgIpc) is 3.38. The Bertz CT molecular complexity index is 1090. The molecule has 0 saturated carbocycles. The lowest BCUT2D eigenvalue weighted by molar-refractivity contribution is 0.102. The summed E-state index contributed by atoms with van der Waals surface area (Å²) < 4.78 is 10.6. The van der Waals surface area contributed by atoms with E-state index in [1.54, 1.807) is 21.1 Å². The highest BCUT2D eigenvalue weighted by Gasteiger charge is 2.32. The predicted octanol–water partition coefficient (Wildman–Crippen LogP) is 5.03. The summed E-state index contributed by atoms with van der Waals surface area (Å²) in [6.07, 6.45) is 0.729. The topological polar surface area (TPSA) is 64.0 Å². The normalized spacial score (nSPS) is 15.8. The molecule has 7 heteroatoms. The molecular formula is C23H23N3O3S. The maximum absolute atomic E-state index is 12.0. The Morgan fingerprint density at radius 3 is 2.17 bits per heavy atom. The highest BCUT2D eigenvalue weighted by Crippen LogP contribution is 2.40. The van der Waals surface area contributed by atoms with Gasteiger partial charge in [0.1, 0.15) is 11.5 Å². The van der Waals surface area contributed by atoms with E-state index in [-0.39, 0.29) is 11.8 Å². The molecule has 1 aliphatic rings. The number of hydrogen-bond donors (Lipinski definition) is 0. The van der Waals surface area contributed by atoms with Crippen LogP contribution in [0, 0.1) is 6.92 Å². The number of thiazole rings is 1. The van der Waals surface area contributed by atoms with Gasteiger partial charge in [-0.15, -0.1) is 0 Å². The second kappa shape index (κ2) is 8.28. The Balaban J connectivity index is 1.74. The molecule has 0 spiro atoms. The number of Topliss-reactive ketones (excluding diaryl/α,β-unsaturated/α-hetero) is 1. The van der Waals surface area contributed by atoms with Crippen molar-refractivity contribution in [2.24, 2.45) is 5.10 Å². The summed E-state index contributed by atoms with van der Waals surface area (Å²) in [7, 11) is 3.31. The molecule has 1 aliphatic heterocycles. The zero-order valence-corrected chi connectivity index (χ0v) is 18.2. The summed E-state index contributed by atoms with van der Waals surface area (Å²) in [5, 5.41) is 7.57. The quantitative estimate of drug-likeness (QED) is 0.523. The van der Waals surface area contributed by atoms with E-state index in [1.165, 1.54) is 11.3 Å². The number of hydrazone groups is 1. The van der Waals surface area contributed by atoms with Crippen molar-refractivity contribution in [3.8, 4) is 11.5 Å². The van der Waals surface area contributed by atoms with Crippen LogP contribution in [0.2, 0.25) is 0 Å². The number of nitrogens with zero attached hydrogens (tertiary/aromatic N) is 3. The summed E-state index contributed by atoms with van der Waals surface area (Å²) in [4.78, 5) is 17.3. The number of anilines is 1. The van der Waals surface area contributed by atoms with E-state index < -0.39 is 0 Å². The van der Waals surface area contributed by atoms with Crippen molar-refractivity contribution in [2.45, 2.75) is 26.3 Å². The van der Waals surface area contributed by atoms with Crippen LogP contribution >= 0.6 is 11.3 Å². The molecule has 154 valence electrons.